The Bertz CT molecular complexity index is 831. The Morgan fingerprint density at radius 2 is 2.04 bits per heavy atom. The molecule has 1 atom stereocenters. The van der Waals surface area contributed by atoms with Crippen molar-refractivity contribution in [3.05, 3.63) is 52.1 Å². The maximum absolute atomic E-state index is 12.4. The van der Waals surface area contributed by atoms with Crippen LogP contribution in [0, 0.1) is 0 Å². The van der Waals surface area contributed by atoms with Gasteiger partial charge < -0.3 is 14.4 Å². The zero-order chi connectivity index (χ0) is 18.0. The van der Waals surface area contributed by atoms with Crippen molar-refractivity contribution < 1.29 is 19.1 Å². The topological polar surface area (TPSA) is 70.8 Å². The van der Waals surface area contributed by atoms with Gasteiger partial charge in [0.15, 0.2) is 0 Å². The number of hydrogen-bond acceptors (Lipinski definition) is 5. The van der Waals surface area contributed by atoms with E-state index in [0.717, 1.165) is 5.56 Å². The third-order valence-corrected chi connectivity index (χ3v) is 5.42. The van der Waals surface area contributed by atoms with Crippen LogP contribution in [-0.4, -0.2) is 33.1 Å². The number of benzene rings is 1. The molecule has 1 aromatic carbocycles. The fourth-order valence-electron chi connectivity index (χ4n) is 2.32. The Balaban J connectivity index is 1.76. The first kappa shape index (κ1) is 18.0. The van der Waals surface area contributed by atoms with Crippen LogP contribution < -0.4 is 0 Å². The predicted octanol–water partition coefficient (Wildman–Crippen LogP) is 4.20. The maximum atomic E-state index is 12.4. The van der Waals surface area contributed by atoms with Gasteiger partial charge in [-0.1, -0.05) is 23.4 Å². The Kier molecular flexibility index (Phi) is 5.46. The van der Waals surface area contributed by atoms with Crippen molar-refractivity contribution >= 4 is 53.9 Å². The lowest BCUT2D eigenvalue weighted by Gasteiger charge is -2.17. The summed E-state index contributed by atoms with van der Waals surface area (Å²) in [5, 5.41) is 9.41. The molecule has 1 aliphatic heterocycles. The molecule has 0 aliphatic carbocycles. The van der Waals surface area contributed by atoms with Crippen LogP contribution in [0.25, 0.3) is 17.4 Å². The lowest BCUT2D eigenvalue weighted by Crippen LogP contribution is -2.31. The van der Waals surface area contributed by atoms with Crippen molar-refractivity contribution in [2.45, 2.75) is 11.1 Å². The lowest BCUT2D eigenvalue weighted by atomic mass is 10.2. The molecular formula is C17H14ClNO4S2. The minimum atomic E-state index is -0.950. The number of carboxylic acids is 1. The SMILES string of the molecule is O=C(O)CCN1C(=O)/C(=C/c2ccc(-c3ccc(Cl)cc3)o2)SC1S. The van der Waals surface area contributed by atoms with Gasteiger partial charge in [-0.2, -0.15) is 0 Å². The lowest BCUT2D eigenvalue weighted by molar-refractivity contribution is -0.137. The predicted molar refractivity (Wildman–Crippen MR) is 101 cm³/mol. The summed E-state index contributed by atoms with van der Waals surface area (Å²) in [5.74, 6) is 0.0237. The van der Waals surface area contributed by atoms with Gasteiger partial charge in [0.25, 0.3) is 5.91 Å². The summed E-state index contributed by atoms with van der Waals surface area (Å²) in [6.07, 6.45) is 1.54. The average molecular weight is 396 g/mol. The van der Waals surface area contributed by atoms with Gasteiger partial charge in [0.1, 0.15) is 16.2 Å². The molecule has 2 heterocycles. The standard InChI is InChI=1S/C17H14ClNO4S2/c18-11-3-1-10(2-4-11)13-6-5-12(23-13)9-14-16(22)19(17(24)25-14)8-7-15(20)21/h1-6,9,17,24H,7-8H2,(H,20,21)/b14-9-. The molecule has 2 aromatic rings. The number of furan rings is 1. The molecule has 0 saturated carbocycles. The second kappa shape index (κ2) is 7.59. The van der Waals surface area contributed by atoms with Crippen molar-refractivity contribution in [3.8, 4) is 11.3 Å². The van der Waals surface area contributed by atoms with E-state index in [1.165, 1.54) is 16.7 Å². The number of amides is 1. The monoisotopic (exact) mass is 395 g/mol. The third-order valence-electron chi connectivity index (χ3n) is 3.57. The number of carbonyl (C=O) groups excluding carboxylic acids is 1. The van der Waals surface area contributed by atoms with E-state index in [0.29, 0.717) is 21.4 Å². The minimum absolute atomic E-state index is 0.113. The number of aliphatic carboxylic acids is 1. The quantitative estimate of drug-likeness (QED) is 0.586. The number of rotatable bonds is 5. The molecule has 0 spiro atoms. The van der Waals surface area contributed by atoms with Crippen LogP contribution in [0.4, 0.5) is 0 Å². The number of thioether (sulfide) groups is 1. The molecule has 1 amide bonds. The number of thiol groups is 1. The van der Waals surface area contributed by atoms with Gasteiger partial charge >= 0.3 is 5.97 Å². The van der Waals surface area contributed by atoms with Gasteiger partial charge in [-0.3, -0.25) is 9.59 Å². The molecule has 0 radical (unpaired) electrons. The first-order valence-corrected chi connectivity index (χ1v) is 9.16. The molecule has 8 heteroatoms. The van der Waals surface area contributed by atoms with Crippen LogP contribution in [0.2, 0.25) is 5.02 Å². The van der Waals surface area contributed by atoms with Crippen molar-refractivity contribution in [2.24, 2.45) is 0 Å². The van der Waals surface area contributed by atoms with Crippen LogP contribution in [0.1, 0.15) is 12.2 Å². The zero-order valence-electron chi connectivity index (χ0n) is 12.9. The van der Waals surface area contributed by atoms with E-state index in [9.17, 15) is 9.59 Å². The average Bonchev–Trinajstić information content (AvgIpc) is 3.12. The molecule has 5 nitrogen and oxygen atoms in total. The Hall–Kier alpha value is -1.83. The summed E-state index contributed by atoms with van der Waals surface area (Å²) in [6.45, 7) is 0.126. The number of carbonyl (C=O) groups is 2. The van der Waals surface area contributed by atoms with Crippen LogP contribution in [0.3, 0.4) is 0 Å². The van der Waals surface area contributed by atoms with E-state index in [2.05, 4.69) is 12.6 Å². The van der Waals surface area contributed by atoms with Gasteiger partial charge in [0.05, 0.1) is 11.3 Å². The van der Waals surface area contributed by atoms with Gasteiger partial charge in [-0.15, -0.1) is 12.6 Å². The molecular weight excluding hydrogens is 382 g/mol. The van der Waals surface area contributed by atoms with E-state index >= 15 is 0 Å². The normalized spacial score (nSPS) is 19.0. The maximum Gasteiger partial charge on any atom is 0.305 e. The van der Waals surface area contributed by atoms with E-state index in [1.54, 1.807) is 24.3 Å². The second-order valence-electron chi connectivity index (χ2n) is 5.30. The minimum Gasteiger partial charge on any atom is -0.481 e. The highest BCUT2D eigenvalue weighted by atomic mass is 35.5. The molecule has 130 valence electrons. The van der Waals surface area contributed by atoms with Crippen molar-refractivity contribution in [3.63, 3.8) is 0 Å². The van der Waals surface area contributed by atoms with Gasteiger partial charge in [0.2, 0.25) is 0 Å². The van der Waals surface area contributed by atoms with Gasteiger partial charge in [-0.25, -0.2) is 0 Å². The number of halogens is 1. The highest BCUT2D eigenvalue weighted by Crippen LogP contribution is 2.38. The van der Waals surface area contributed by atoms with Crippen LogP contribution in [0.5, 0.6) is 0 Å². The largest absolute Gasteiger partial charge is 0.481 e. The summed E-state index contributed by atoms with van der Waals surface area (Å²) >= 11 is 11.5. The third kappa shape index (κ3) is 4.23. The Morgan fingerprint density at radius 3 is 2.72 bits per heavy atom. The van der Waals surface area contributed by atoms with E-state index < -0.39 is 10.7 Å². The summed E-state index contributed by atoms with van der Waals surface area (Å²) in [6, 6.07) is 10.9. The summed E-state index contributed by atoms with van der Waals surface area (Å²) < 4.78 is 5.37. The Morgan fingerprint density at radius 1 is 1.32 bits per heavy atom. The molecule has 1 aliphatic rings. The first-order valence-electron chi connectivity index (χ1n) is 7.39. The molecule has 3 rings (SSSR count). The number of carboxylic acid groups (broad SMARTS) is 1. The molecule has 25 heavy (non-hydrogen) atoms. The molecule has 1 aromatic heterocycles. The van der Waals surface area contributed by atoms with Gasteiger partial charge in [0, 0.05) is 23.2 Å². The van der Waals surface area contributed by atoms with Gasteiger partial charge in [-0.05, 0) is 36.4 Å². The van der Waals surface area contributed by atoms with E-state index in [1.807, 2.05) is 18.2 Å². The van der Waals surface area contributed by atoms with Crippen molar-refractivity contribution in [1.29, 1.82) is 0 Å². The number of hydrogen-bond donors (Lipinski definition) is 2. The Labute approximate surface area is 159 Å². The van der Waals surface area contributed by atoms with Crippen molar-refractivity contribution in [2.75, 3.05) is 6.54 Å². The van der Waals surface area contributed by atoms with Crippen LogP contribution >= 0.6 is 36.0 Å². The summed E-state index contributed by atoms with van der Waals surface area (Å²) in [4.78, 5) is 25.0. The second-order valence-corrected chi connectivity index (χ2v) is 7.70. The van der Waals surface area contributed by atoms with Crippen LogP contribution in [-0.2, 0) is 9.59 Å². The molecule has 1 saturated heterocycles. The molecule has 0 bridgehead atoms. The van der Waals surface area contributed by atoms with E-state index in [-0.39, 0.29) is 18.9 Å². The zero-order valence-corrected chi connectivity index (χ0v) is 15.4. The summed E-state index contributed by atoms with van der Waals surface area (Å²) in [7, 11) is 0. The fraction of sp³-hybridized carbons (Fsp3) is 0.176. The van der Waals surface area contributed by atoms with Crippen molar-refractivity contribution in [1.82, 2.24) is 4.90 Å². The van der Waals surface area contributed by atoms with Crippen LogP contribution in [0.15, 0.2) is 45.7 Å². The molecule has 1 fully saturated rings. The highest BCUT2D eigenvalue weighted by molar-refractivity contribution is 8.14. The van der Waals surface area contributed by atoms with E-state index in [4.69, 9.17) is 21.1 Å². The smallest absolute Gasteiger partial charge is 0.305 e. The fourth-order valence-corrected chi connectivity index (χ4v) is 3.97. The molecule has 1 unspecified atom stereocenters. The molecule has 1 N–H and O–H groups in total. The first-order chi connectivity index (χ1) is 11.9. The number of nitrogens with zero attached hydrogens (tertiary/aromatic N) is 1. The highest BCUT2D eigenvalue weighted by Gasteiger charge is 2.34. The summed E-state index contributed by atoms with van der Waals surface area (Å²) in [5.41, 5.74) is 0.884.